The van der Waals surface area contributed by atoms with Crippen molar-refractivity contribution < 1.29 is 24.9 Å². The maximum Gasteiger partial charge on any atom is 0.352 e. The normalized spacial score (nSPS) is 13.4. The first-order chi connectivity index (χ1) is 13.4. The molecule has 0 amide bonds. The smallest absolute Gasteiger partial charge is 0.352 e. The molecule has 3 rings (SSSR count). The fraction of sp³-hybridized carbons (Fsp3) is 0.286. The number of aromatic nitrogens is 1. The molecule has 7 nitrogen and oxygen atoms in total. The van der Waals surface area contributed by atoms with E-state index in [2.05, 4.69) is 10.3 Å². The fourth-order valence-electron chi connectivity index (χ4n) is 3.24. The van der Waals surface area contributed by atoms with Gasteiger partial charge in [0.15, 0.2) is 0 Å². The van der Waals surface area contributed by atoms with Gasteiger partial charge in [-0.15, -0.1) is 0 Å². The van der Waals surface area contributed by atoms with Crippen LogP contribution in [0.3, 0.4) is 0 Å². The topological polar surface area (TPSA) is 115 Å². The van der Waals surface area contributed by atoms with E-state index in [0.717, 1.165) is 17.7 Å². The number of aromatic amines is 1. The third kappa shape index (κ3) is 4.27. The Hall–Kier alpha value is -3.03. The van der Waals surface area contributed by atoms with E-state index in [4.69, 9.17) is 9.84 Å². The molecule has 3 aromatic rings. The summed E-state index contributed by atoms with van der Waals surface area (Å²) in [6, 6.07) is 12.4. The summed E-state index contributed by atoms with van der Waals surface area (Å²) in [6.07, 6.45) is -0.0615. The van der Waals surface area contributed by atoms with Gasteiger partial charge in [0.05, 0.1) is 18.7 Å². The second-order valence-corrected chi connectivity index (χ2v) is 6.83. The van der Waals surface area contributed by atoms with Gasteiger partial charge in [-0.25, -0.2) is 4.79 Å². The number of aromatic hydroxyl groups is 1. The Morgan fingerprint density at radius 3 is 2.57 bits per heavy atom. The minimum atomic E-state index is -1.12. The van der Waals surface area contributed by atoms with Crippen molar-refractivity contribution in [3.05, 3.63) is 59.3 Å². The number of carbonyl (C=O) groups is 1. The average molecular weight is 384 g/mol. The lowest BCUT2D eigenvalue weighted by molar-refractivity contribution is 0.0691. The molecule has 5 N–H and O–H groups in total. The van der Waals surface area contributed by atoms with Crippen molar-refractivity contribution in [3.8, 4) is 11.5 Å². The third-order valence-electron chi connectivity index (χ3n) is 4.76. The van der Waals surface area contributed by atoms with Crippen LogP contribution in [-0.2, 0) is 6.42 Å². The first-order valence-corrected chi connectivity index (χ1v) is 9.01. The summed E-state index contributed by atoms with van der Waals surface area (Å²) in [4.78, 5) is 13.9. The van der Waals surface area contributed by atoms with Crippen molar-refractivity contribution >= 4 is 16.9 Å². The van der Waals surface area contributed by atoms with Crippen LogP contribution in [0, 0.1) is 0 Å². The first kappa shape index (κ1) is 19.7. The number of carboxylic acids is 1. The Balaban J connectivity index is 1.67. The maximum atomic E-state index is 11.2. The van der Waals surface area contributed by atoms with Gasteiger partial charge in [-0.3, -0.25) is 0 Å². The van der Waals surface area contributed by atoms with E-state index in [1.54, 1.807) is 13.2 Å². The summed E-state index contributed by atoms with van der Waals surface area (Å²) < 4.78 is 5.16. The molecule has 2 aromatic carbocycles. The summed E-state index contributed by atoms with van der Waals surface area (Å²) in [7, 11) is 1.63. The molecule has 2 atom stereocenters. The second kappa shape index (κ2) is 8.33. The zero-order valence-electron chi connectivity index (χ0n) is 15.8. The predicted molar refractivity (Wildman–Crippen MR) is 106 cm³/mol. The summed E-state index contributed by atoms with van der Waals surface area (Å²) in [6.45, 7) is 2.33. The highest BCUT2D eigenvalue weighted by molar-refractivity contribution is 5.97. The minimum Gasteiger partial charge on any atom is -0.506 e. The molecule has 0 saturated heterocycles. The molecule has 0 aliphatic rings. The molecular formula is C21H24N2O5. The van der Waals surface area contributed by atoms with Gasteiger partial charge >= 0.3 is 5.97 Å². The number of hydrogen-bond donors (Lipinski definition) is 5. The highest BCUT2D eigenvalue weighted by Crippen LogP contribution is 2.31. The van der Waals surface area contributed by atoms with Crippen LogP contribution >= 0.6 is 0 Å². The van der Waals surface area contributed by atoms with Crippen LogP contribution in [-0.4, -0.2) is 46.0 Å². The molecule has 0 spiro atoms. The van der Waals surface area contributed by atoms with Crippen molar-refractivity contribution in [2.75, 3.05) is 13.7 Å². The monoisotopic (exact) mass is 384 g/mol. The van der Waals surface area contributed by atoms with E-state index in [9.17, 15) is 15.0 Å². The molecule has 0 fully saturated rings. The lowest BCUT2D eigenvalue weighted by Gasteiger charge is -2.18. The molecule has 1 aromatic heterocycles. The van der Waals surface area contributed by atoms with Gasteiger partial charge < -0.3 is 30.4 Å². The largest absolute Gasteiger partial charge is 0.506 e. The summed E-state index contributed by atoms with van der Waals surface area (Å²) in [5, 5.41) is 33.5. The maximum absolute atomic E-state index is 11.2. The molecule has 7 heteroatoms. The molecule has 0 saturated carbocycles. The van der Waals surface area contributed by atoms with Crippen LogP contribution in [0.4, 0.5) is 0 Å². The third-order valence-corrected chi connectivity index (χ3v) is 4.76. The van der Waals surface area contributed by atoms with Crippen LogP contribution < -0.4 is 10.1 Å². The van der Waals surface area contributed by atoms with E-state index in [0.29, 0.717) is 23.0 Å². The summed E-state index contributed by atoms with van der Waals surface area (Å²) >= 11 is 0. The van der Waals surface area contributed by atoms with Crippen molar-refractivity contribution in [1.29, 1.82) is 0 Å². The highest BCUT2D eigenvalue weighted by atomic mass is 16.5. The fourth-order valence-corrected chi connectivity index (χ4v) is 3.24. The van der Waals surface area contributed by atoms with E-state index < -0.39 is 12.1 Å². The van der Waals surface area contributed by atoms with Gasteiger partial charge in [-0.05, 0) is 48.7 Å². The Labute approximate surface area is 162 Å². The Morgan fingerprint density at radius 2 is 1.93 bits per heavy atom. The summed E-state index contributed by atoms with van der Waals surface area (Å²) in [5.41, 5.74) is 1.98. The van der Waals surface area contributed by atoms with E-state index in [-0.39, 0.29) is 17.5 Å². The first-order valence-electron chi connectivity index (χ1n) is 9.01. The van der Waals surface area contributed by atoms with Gasteiger partial charge in [-0.2, -0.15) is 0 Å². The zero-order valence-corrected chi connectivity index (χ0v) is 15.8. The van der Waals surface area contributed by atoms with Crippen molar-refractivity contribution in [1.82, 2.24) is 10.3 Å². The number of carboxylic acid groups (broad SMARTS) is 1. The number of phenolic OH excluding ortho intramolecular Hbond substituents is 1. The minimum absolute atomic E-state index is 0.0363. The zero-order chi connectivity index (χ0) is 20.3. The van der Waals surface area contributed by atoms with Crippen LogP contribution in [0.1, 0.15) is 34.6 Å². The van der Waals surface area contributed by atoms with Gasteiger partial charge in [-0.1, -0.05) is 18.2 Å². The van der Waals surface area contributed by atoms with Gasteiger partial charge in [0, 0.05) is 18.0 Å². The van der Waals surface area contributed by atoms with Crippen molar-refractivity contribution in [2.24, 2.45) is 0 Å². The average Bonchev–Trinajstić information content (AvgIpc) is 3.14. The quantitative estimate of drug-likeness (QED) is 0.408. The number of aliphatic hydroxyl groups is 1. The van der Waals surface area contributed by atoms with E-state index in [1.165, 1.54) is 12.1 Å². The van der Waals surface area contributed by atoms with Crippen molar-refractivity contribution in [2.45, 2.75) is 25.5 Å². The predicted octanol–water partition coefficient (Wildman–Crippen LogP) is 2.83. The van der Waals surface area contributed by atoms with E-state index >= 15 is 0 Å². The van der Waals surface area contributed by atoms with Crippen LogP contribution in [0.2, 0.25) is 0 Å². The molecule has 28 heavy (non-hydrogen) atoms. The molecule has 1 heterocycles. The van der Waals surface area contributed by atoms with Gasteiger partial charge in [0.1, 0.15) is 17.2 Å². The number of benzene rings is 2. The van der Waals surface area contributed by atoms with Gasteiger partial charge in [0.2, 0.25) is 0 Å². The van der Waals surface area contributed by atoms with Crippen molar-refractivity contribution in [3.63, 3.8) is 0 Å². The number of methoxy groups -OCH3 is 1. The molecule has 148 valence electrons. The van der Waals surface area contributed by atoms with E-state index in [1.807, 2.05) is 31.2 Å². The number of rotatable bonds is 8. The second-order valence-electron chi connectivity index (χ2n) is 6.83. The lowest BCUT2D eigenvalue weighted by Crippen LogP contribution is -2.32. The molecule has 0 aliphatic heterocycles. The molecule has 0 bridgehead atoms. The standard InChI is InChI=1S/C21H24N2O5/c1-12(9-13-3-5-14(28-2)6-4-13)22-11-19(25)15-7-8-18(24)20-16(15)10-17(23-20)21(26)27/h3-8,10,12,19,22-25H,9,11H2,1-2H3,(H,26,27). The van der Waals surface area contributed by atoms with Crippen LogP contribution in [0.15, 0.2) is 42.5 Å². The highest BCUT2D eigenvalue weighted by Gasteiger charge is 2.18. The number of ether oxygens (including phenoxy) is 1. The van der Waals surface area contributed by atoms with Crippen LogP contribution in [0.25, 0.3) is 10.9 Å². The number of phenols is 1. The number of aromatic carboxylic acids is 1. The molecule has 2 unspecified atom stereocenters. The number of H-pyrrole nitrogens is 1. The van der Waals surface area contributed by atoms with Crippen LogP contribution in [0.5, 0.6) is 11.5 Å². The number of aliphatic hydroxyl groups excluding tert-OH is 1. The Morgan fingerprint density at radius 1 is 1.21 bits per heavy atom. The Bertz CT molecular complexity index is 965. The molecule has 0 radical (unpaired) electrons. The Kier molecular flexibility index (Phi) is 5.87. The van der Waals surface area contributed by atoms with Gasteiger partial charge in [0.25, 0.3) is 0 Å². The number of fused-ring (bicyclic) bond motifs is 1. The SMILES string of the molecule is COc1ccc(CC(C)NCC(O)c2ccc(O)c3[nH]c(C(=O)O)cc23)cc1. The number of nitrogens with one attached hydrogen (secondary N) is 2. The summed E-state index contributed by atoms with van der Waals surface area (Å²) in [5.74, 6) is -0.370. The number of hydrogen-bond acceptors (Lipinski definition) is 5. The lowest BCUT2D eigenvalue weighted by atomic mass is 10.0. The molecular weight excluding hydrogens is 360 g/mol. The molecule has 0 aliphatic carbocycles.